The predicted octanol–water partition coefficient (Wildman–Crippen LogP) is 2.78. The summed E-state index contributed by atoms with van der Waals surface area (Å²) >= 11 is 3.83. The molecule has 0 bridgehead atoms. The third kappa shape index (κ3) is 4.42. The van der Waals surface area contributed by atoms with Crippen molar-refractivity contribution in [2.24, 2.45) is 0 Å². The molecular weight excluding hydrogens is 284 g/mol. The Bertz CT molecular complexity index is 425. The van der Waals surface area contributed by atoms with Gasteiger partial charge < -0.3 is 9.63 Å². The number of thioether (sulfide) groups is 2. The zero-order valence-corrected chi connectivity index (χ0v) is 12.5. The molecule has 1 fully saturated rings. The number of carbonyl (C=O) groups is 1. The molecule has 7 heteroatoms. The van der Waals surface area contributed by atoms with Crippen LogP contribution in [-0.2, 0) is 11.2 Å². The molecule has 0 aromatic carbocycles. The van der Waals surface area contributed by atoms with Crippen molar-refractivity contribution in [3.63, 3.8) is 0 Å². The first kappa shape index (κ1) is 14.7. The molecule has 2 unspecified atom stereocenters. The Morgan fingerprint density at radius 3 is 2.95 bits per heavy atom. The van der Waals surface area contributed by atoms with Crippen molar-refractivity contribution in [1.82, 2.24) is 10.1 Å². The summed E-state index contributed by atoms with van der Waals surface area (Å²) in [5.41, 5.74) is 0. The summed E-state index contributed by atoms with van der Waals surface area (Å²) in [4.78, 5) is 14.8. The predicted molar refractivity (Wildman–Crippen MR) is 76.6 cm³/mol. The lowest BCUT2D eigenvalue weighted by Gasteiger charge is -2.24. The lowest BCUT2D eigenvalue weighted by molar-refractivity contribution is -0.137. The molecule has 1 aliphatic heterocycles. The second-order valence-corrected chi connectivity index (χ2v) is 7.25. The Balaban J connectivity index is 1.82. The Labute approximate surface area is 120 Å². The van der Waals surface area contributed by atoms with E-state index in [0.29, 0.717) is 29.2 Å². The highest BCUT2D eigenvalue weighted by atomic mass is 32.2. The van der Waals surface area contributed by atoms with E-state index >= 15 is 0 Å². The maximum atomic E-state index is 10.4. The van der Waals surface area contributed by atoms with E-state index in [1.807, 2.05) is 23.5 Å². The normalized spacial score (nSPS) is 23.4. The van der Waals surface area contributed by atoms with Gasteiger partial charge in [-0.2, -0.15) is 16.7 Å². The van der Waals surface area contributed by atoms with E-state index < -0.39 is 5.97 Å². The van der Waals surface area contributed by atoms with Gasteiger partial charge in [0.25, 0.3) is 0 Å². The third-order valence-electron chi connectivity index (χ3n) is 2.96. The number of hydrogen-bond acceptors (Lipinski definition) is 6. The Morgan fingerprint density at radius 1 is 1.42 bits per heavy atom. The molecule has 106 valence electrons. The fraction of sp³-hybridized carbons (Fsp3) is 0.750. The third-order valence-corrected chi connectivity index (χ3v) is 6.04. The SMILES string of the molecule is CC1SCCSC1c1noc(CCCCC(=O)O)n1. The largest absolute Gasteiger partial charge is 0.481 e. The van der Waals surface area contributed by atoms with Gasteiger partial charge in [-0.3, -0.25) is 4.79 Å². The van der Waals surface area contributed by atoms with E-state index in [1.165, 1.54) is 5.75 Å². The number of nitrogens with zero attached hydrogens (tertiary/aromatic N) is 2. The molecule has 0 amide bonds. The molecule has 1 saturated heterocycles. The Morgan fingerprint density at radius 2 is 2.21 bits per heavy atom. The Kier molecular flexibility index (Phi) is 5.57. The van der Waals surface area contributed by atoms with Crippen LogP contribution in [0.1, 0.15) is 43.2 Å². The van der Waals surface area contributed by atoms with Crippen LogP contribution in [0.5, 0.6) is 0 Å². The van der Waals surface area contributed by atoms with Crippen LogP contribution in [0.4, 0.5) is 0 Å². The smallest absolute Gasteiger partial charge is 0.303 e. The average molecular weight is 302 g/mol. The van der Waals surface area contributed by atoms with E-state index in [-0.39, 0.29) is 6.42 Å². The molecule has 0 spiro atoms. The maximum absolute atomic E-state index is 10.4. The summed E-state index contributed by atoms with van der Waals surface area (Å²) in [6.45, 7) is 2.20. The number of aryl methyl sites for hydroxylation is 1. The standard InChI is InChI=1S/C12H18N2O3S2/c1-8-11(19-7-6-18-8)12-13-9(17-14-12)4-2-3-5-10(15)16/h8,11H,2-7H2,1H3,(H,15,16). The number of aromatic nitrogens is 2. The highest BCUT2D eigenvalue weighted by Crippen LogP contribution is 2.41. The topological polar surface area (TPSA) is 76.2 Å². The molecule has 2 atom stereocenters. The average Bonchev–Trinajstić information content (AvgIpc) is 2.83. The van der Waals surface area contributed by atoms with Crippen LogP contribution in [0.3, 0.4) is 0 Å². The van der Waals surface area contributed by atoms with Crippen LogP contribution < -0.4 is 0 Å². The van der Waals surface area contributed by atoms with Crippen LogP contribution in [0.15, 0.2) is 4.52 Å². The summed E-state index contributed by atoms with van der Waals surface area (Å²) in [6, 6.07) is 0. The molecule has 0 saturated carbocycles. The van der Waals surface area contributed by atoms with Gasteiger partial charge in [-0.15, -0.1) is 11.8 Å². The van der Waals surface area contributed by atoms with E-state index in [4.69, 9.17) is 9.63 Å². The molecule has 2 heterocycles. The monoisotopic (exact) mass is 302 g/mol. The first-order chi connectivity index (χ1) is 9.16. The van der Waals surface area contributed by atoms with Crippen molar-refractivity contribution in [2.45, 2.75) is 43.1 Å². The minimum atomic E-state index is -0.754. The van der Waals surface area contributed by atoms with Gasteiger partial charge in [0.1, 0.15) is 0 Å². The van der Waals surface area contributed by atoms with Crippen molar-refractivity contribution in [3.8, 4) is 0 Å². The summed E-state index contributed by atoms with van der Waals surface area (Å²) in [5.74, 6) is 2.97. The number of hydrogen-bond donors (Lipinski definition) is 1. The first-order valence-electron chi connectivity index (χ1n) is 6.44. The van der Waals surface area contributed by atoms with Gasteiger partial charge >= 0.3 is 5.97 Å². The summed E-state index contributed by atoms with van der Waals surface area (Å²) in [7, 11) is 0. The molecule has 2 rings (SSSR count). The zero-order chi connectivity index (χ0) is 13.7. The van der Waals surface area contributed by atoms with Gasteiger partial charge in [-0.05, 0) is 12.8 Å². The van der Waals surface area contributed by atoms with Crippen LogP contribution in [0.2, 0.25) is 0 Å². The highest BCUT2D eigenvalue weighted by molar-refractivity contribution is 8.06. The summed E-state index contributed by atoms with van der Waals surface area (Å²) in [6.07, 6.45) is 2.29. The van der Waals surface area contributed by atoms with Crippen molar-refractivity contribution >= 4 is 29.5 Å². The van der Waals surface area contributed by atoms with Gasteiger partial charge in [0.05, 0.1) is 5.25 Å². The van der Waals surface area contributed by atoms with Crippen molar-refractivity contribution in [2.75, 3.05) is 11.5 Å². The fourth-order valence-electron chi connectivity index (χ4n) is 1.95. The molecule has 0 radical (unpaired) electrons. The molecule has 19 heavy (non-hydrogen) atoms. The van der Waals surface area contributed by atoms with E-state index in [0.717, 1.165) is 18.0 Å². The molecule has 1 N–H and O–H groups in total. The second-order valence-electron chi connectivity index (χ2n) is 4.51. The van der Waals surface area contributed by atoms with Crippen LogP contribution in [-0.4, -0.2) is 38.0 Å². The van der Waals surface area contributed by atoms with Crippen molar-refractivity contribution < 1.29 is 14.4 Å². The first-order valence-corrected chi connectivity index (χ1v) is 8.54. The lowest BCUT2D eigenvalue weighted by Crippen LogP contribution is -2.16. The van der Waals surface area contributed by atoms with Gasteiger partial charge in [-0.1, -0.05) is 12.1 Å². The van der Waals surface area contributed by atoms with Crippen LogP contribution in [0, 0.1) is 0 Å². The van der Waals surface area contributed by atoms with Gasteiger partial charge in [0, 0.05) is 29.6 Å². The molecular formula is C12H18N2O3S2. The van der Waals surface area contributed by atoms with Gasteiger partial charge in [0.15, 0.2) is 5.82 Å². The van der Waals surface area contributed by atoms with Crippen LogP contribution >= 0.6 is 23.5 Å². The highest BCUT2D eigenvalue weighted by Gasteiger charge is 2.28. The lowest BCUT2D eigenvalue weighted by atomic mass is 10.2. The van der Waals surface area contributed by atoms with Gasteiger partial charge in [0.2, 0.25) is 5.89 Å². The fourth-order valence-corrected chi connectivity index (χ4v) is 4.63. The minimum absolute atomic E-state index is 0.202. The number of carboxylic acids is 1. The maximum Gasteiger partial charge on any atom is 0.303 e. The minimum Gasteiger partial charge on any atom is -0.481 e. The summed E-state index contributed by atoms with van der Waals surface area (Å²) in [5, 5.41) is 13.5. The zero-order valence-electron chi connectivity index (χ0n) is 10.9. The van der Waals surface area contributed by atoms with E-state index in [2.05, 4.69) is 17.1 Å². The van der Waals surface area contributed by atoms with E-state index in [1.54, 1.807) is 0 Å². The van der Waals surface area contributed by atoms with E-state index in [9.17, 15) is 4.79 Å². The summed E-state index contributed by atoms with van der Waals surface area (Å²) < 4.78 is 5.24. The van der Waals surface area contributed by atoms with Crippen LogP contribution in [0.25, 0.3) is 0 Å². The quantitative estimate of drug-likeness (QED) is 0.810. The number of rotatable bonds is 6. The number of carboxylic acid groups (broad SMARTS) is 1. The molecule has 1 aromatic rings. The molecule has 1 aromatic heterocycles. The van der Waals surface area contributed by atoms with Crippen molar-refractivity contribution in [1.29, 1.82) is 0 Å². The number of aliphatic carboxylic acids is 1. The molecule has 0 aliphatic carbocycles. The van der Waals surface area contributed by atoms with Crippen molar-refractivity contribution in [3.05, 3.63) is 11.7 Å². The molecule has 5 nitrogen and oxygen atoms in total. The van der Waals surface area contributed by atoms with Gasteiger partial charge in [-0.25, -0.2) is 0 Å². The molecule has 1 aliphatic rings. The number of unbranched alkanes of at least 4 members (excludes halogenated alkanes) is 1. The Hall–Kier alpha value is -0.690. The second kappa shape index (κ2) is 7.19.